The summed E-state index contributed by atoms with van der Waals surface area (Å²) in [5.41, 5.74) is 0.721. The van der Waals surface area contributed by atoms with Crippen LogP contribution < -0.4 is 0 Å². The molecule has 3 heteroatoms. The Bertz CT molecular complexity index is 257. The number of hydrogen-bond acceptors (Lipinski definition) is 3. The van der Waals surface area contributed by atoms with E-state index in [0.717, 1.165) is 11.3 Å². The van der Waals surface area contributed by atoms with E-state index in [1.165, 1.54) is 65.2 Å². The van der Waals surface area contributed by atoms with Crippen molar-refractivity contribution in [2.45, 2.75) is 33.6 Å². The number of nitrogens with zero attached hydrogens (tertiary/aromatic N) is 3. The van der Waals surface area contributed by atoms with Crippen LogP contribution in [0.15, 0.2) is 0 Å². The lowest BCUT2D eigenvalue weighted by Gasteiger charge is -2.60. The summed E-state index contributed by atoms with van der Waals surface area (Å²) < 4.78 is 0. The Hall–Kier alpha value is -0.120. The van der Waals surface area contributed by atoms with Gasteiger partial charge >= 0.3 is 0 Å². The van der Waals surface area contributed by atoms with E-state index in [9.17, 15) is 0 Å². The van der Waals surface area contributed by atoms with Gasteiger partial charge in [-0.2, -0.15) is 0 Å². The summed E-state index contributed by atoms with van der Waals surface area (Å²) in [5, 5.41) is 0. The fourth-order valence-electron chi connectivity index (χ4n) is 4.18. The third kappa shape index (κ3) is 3.50. The summed E-state index contributed by atoms with van der Waals surface area (Å²) >= 11 is 0. The van der Waals surface area contributed by atoms with Crippen LogP contribution in [0.25, 0.3) is 0 Å². The largest absolute Gasteiger partial charge is 0.305 e. The van der Waals surface area contributed by atoms with Gasteiger partial charge in [0, 0.05) is 38.1 Å². The Morgan fingerprint density at radius 2 is 1.53 bits per heavy atom. The van der Waals surface area contributed by atoms with Crippen LogP contribution in [0.1, 0.15) is 33.6 Å². The van der Waals surface area contributed by atoms with E-state index < -0.39 is 0 Å². The van der Waals surface area contributed by atoms with E-state index in [4.69, 9.17) is 0 Å². The van der Waals surface area contributed by atoms with Gasteiger partial charge in [0.15, 0.2) is 0 Å². The molecule has 0 saturated carbocycles. The Kier molecular flexibility index (Phi) is 5.27. The molecule has 3 rings (SSSR count). The van der Waals surface area contributed by atoms with Crippen molar-refractivity contribution in [1.29, 1.82) is 0 Å². The van der Waals surface area contributed by atoms with Crippen molar-refractivity contribution in [3.63, 3.8) is 0 Å². The molecule has 3 saturated heterocycles. The van der Waals surface area contributed by atoms with Gasteiger partial charge in [-0.25, -0.2) is 0 Å². The van der Waals surface area contributed by atoms with E-state index in [1.54, 1.807) is 0 Å². The SMILES string of the molecule is CC.CCN1CCC(CN2CC3(CN(C)C3)C2)CC1. The maximum atomic E-state index is 2.71. The number of hydrogen-bond donors (Lipinski definition) is 0. The first-order chi connectivity index (χ1) is 9.19. The van der Waals surface area contributed by atoms with Crippen LogP contribution in [-0.4, -0.2) is 74.1 Å². The van der Waals surface area contributed by atoms with Crippen molar-refractivity contribution in [2.24, 2.45) is 11.3 Å². The summed E-state index contributed by atoms with van der Waals surface area (Å²) in [6.45, 7) is 17.0. The van der Waals surface area contributed by atoms with Crippen molar-refractivity contribution >= 4 is 0 Å². The minimum absolute atomic E-state index is 0.721. The summed E-state index contributed by atoms with van der Waals surface area (Å²) in [6, 6.07) is 0. The van der Waals surface area contributed by atoms with E-state index >= 15 is 0 Å². The summed E-state index contributed by atoms with van der Waals surface area (Å²) in [6.07, 6.45) is 2.86. The third-order valence-corrected chi connectivity index (χ3v) is 5.00. The summed E-state index contributed by atoms with van der Waals surface area (Å²) in [7, 11) is 2.24. The van der Waals surface area contributed by atoms with E-state index in [0.29, 0.717) is 0 Å². The molecule has 0 aromatic heterocycles. The molecule has 0 aromatic carbocycles. The maximum absolute atomic E-state index is 2.71. The highest BCUT2D eigenvalue weighted by molar-refractivity contribution is 5.04. The first-order valence-electron chi connectivity index (χ1n) is 8.32. The van der Waals surface area contributed by atoms with E-state index in [2.05, 4.69) is 28.7 Å². The highest BCUT2D eigenvalue weighted by atomic mass is 15.3. The van der Waals surface area contributed by atoms with E-state index in [1.807, 2.05) is 13.8 Å². The maximum Gasteiger partial charge on any atom is 0.0212 e. The average Bonchev–Trinajstić information content (AvgIpc) is 2.38. The molecule has 0 atom stereocenters. The van der Waals surface area contributed by atoms with Crippen LogP contribution in [0.3, 0.4) is 0 Å². The zero-order valence-corrected chi connectivity index (χ0v) is 13.5. The molecule has 0 bridgehead atoms. The standard InChI is InChI=1S/C14H27N3.C2H6/c1-3-16-6-4-13(5-7-16)8-17-11-14(12-17)9-15(2)10-14;1-2/h13H,3-12H2,1-2H3;1-2H3. The quantitative estimate of drug-likeness (QED) is 0.774. The molecule has 0 radical (unpaired) electrons. The first-order valence-corrected chi connectivity index (χ1v) is 8.32. The molecule has 3 nitrogen and oxygen atoms in total. The van der Waals surface area contributed by atoms with Crippen molar-refractivity contribution in [3.05, 3.63) is 0 Å². The van der Waals surface area contributed by atoms with Crippen molar-refractivity contribution < 1.29 is 0 Å². The van der Waals surface area contributed by atoms with Crippen molar-refractivity contribution in [2.75, 3.05) is 59.4 Å². The zero-order chi connectivity index (χ0) is 13.9. The highest BCUT2D eigenvalue weighted by Gasteiger charge is 2.50. The summed E-state index contributed by atoms with van der Waals surface area (Å²) in [5.74, 6) is 0.980. The second kappa shape index (κ2) is 6.55. The van der Waals surface area contributed by atoms with Crippen LogP contribution in [0, 0.1) is 11.3 Å². The van der Waals surface area contributed by atoms with E-state index in [-0.39, 0.29) is 0 Å². The van der Waals surface area contributed by atoms with Gasteiger partial charge in [-0.05, 0) is 45.4 Å². The topological polar surface area (TPSA) is 9.72 Å². The van der Waals surface area contributed by atoms with Gasteiger partial charge in [0.2, 0.25) is 0 Å². The van der Waals surface area contributed by atoms with Gasteiger partial charge in [0.1, 0.15) is 0 Å². The van der Waals surface area contributed by atoms with Crippen molar-refractivity contribution in [1.82, 2.24) is 14.7 Å². The smallest absolute Gasteiger partial charge is 0.0212 e. The zero-order valence-electron chi connectivity index (χ0n) is 13.5. The lowest BCUT2D eigenvalue weighted by molar-refractivity contribution is -0.110. The fourth-order valence-corrected chi connectivity index (χ4v) is 4.18. The van der Waals surface area contributed by atoms with Crippen LogP contribution in [-0.2, 0) is 0 Å². The highest BCUT2D eigenvalue weighted by Crippen LogP contribution is 2.39. The predicted octanol–water partition coefficient (Wildman–Crippen LogP) is 1.99. The van der Waals surface area contributed by atoms with Gasteiger partial charge in [0.05, 0.1) is 0 Å². The molecule has 0 N–H and O–H groups in total. The average molecular weight is 267 g/mol. The Morgan fingerprint density at radius 3 is 2.00 bits per heavy atom. The van der Waals surface area contributed by atoms with Crippen molar-refractivity contribution in [3.8, 4) is 0 Å². The van der Waals surface area contributed by atoms with Gasteiger partial charge in [0.25, 0.3) is 0 Å². The minimum atomic E-state index is 0.721. The van der Waals surface area contributed by atoms with Crippen LogP contribution >= 0.6 is 0 Å². The second-order valence-corrected chi connectivity index (χ2v) is 6.72. The molecular formula is C16H33N3. The van der Waals surface area contributed by atoms with Crippen LogP contribution in [0.5, 0.6) is 0 Å². The number of rotatable bonds is 3. The van der Waals surface area contributed by atoms with Gasteiger partial charge in [-0.15, -0.1) is 0 Å². The lowest BCUT2D eigenvalue weighted by Crippen LogP contribution is -2.71. The van der Waals surface area contributed by atoms with Gasteiger partial charge in [-0.1, -0.05) is 20.8 Å². The third-order valence-electron chi connectivity index (χ3n) is 5.00. The molecule has 1 spiro atoms. The van der Waals surface area contributed by atoms with Crippen LogP contribution in [0.4, 0.5) is 0 Å². The normalized spacial score (nSPS) is 28.4. The molecule has 0 amide bonds. The van der Waals surface area contributed by atoms with Crippen LogP contribution in [0.2, 0.25) is 0 Å². The number of likely N-dealkylation sites (tertiary alicyclic amines) is 3. The second-order valence-electron chi connectivity index (χ2n) is 6.72. The first kappa shape index (κ1) is 15.3. The van der Waals surface area contributed by atoms with Gasteiger partial charge < -0.3 is 14.7 Å². The molecule has 112 valence electrons. The lowest BCUT2D eigenvalue weighted by atomic mass is 9.72. The minimum Gasteiger partial charge on any atom is -0.305 e. The molecular weight excluding hydrogens is 234 g/mol. The summed E-state index contributed by atoms with van der Waals surface area (Å²) in [4.78, 5) is 7.76. The molecule has 0 unspecified atom stereocenters. The monoisotopic (exact) mass is 267 g/mol. The number of piperidine rings is 1. The molecule has 19 heavy (non-hydrogen) atoms. The molecule has 0 aliphatic carbocycles. The Balaban J connectivity index is 0.000000637. The fraction of sp³-hybridized carbons (Fsp3) is 1.00. The molecule has 3 heterocycles. The molecule has 0 aromatic rings. The Morgan fingerprint density at radius 1 is 0.947 bits per heavy atom. The predicted molar refractivity (Wildman–Crippen MR) is 82.6 cm³/mol. The van der Waals surface area contributed by atoms with Gasteiger partial charge in [-0.3, -0.25) is 0 Å². The molecule has 3 aliphatic heterocycles. The Labute approximate surface area is 119 Å². The molecule has 3 fully saturated rings. The molecule has 3 aliphatic rings.